The quantitative estimate of drug-likeness (QED) is 0.617. The normalized spacial score (nSPS) is 23.6. The lowest BCUT2D eigenvalue weighted by molar-refractivity contribution is 0.0789. The summed E-state index contributed by atoms with van der Waals surface area (Å²) in [5.74, 6) is 0.749. The molecule has 2 fully saturated rings. The molecule has 0 unspecified atom stereocenters. The van der Waals surface area contributed by atoms with Crippen molar-refractivity contribution in [1.82, 2.24) is 15.1 Å². The molecule has 2 rings (SSSR count). The van der Waals surface area contributed by atoms with E-state index in [1.165, 1.54) is 71.2 Å². The van der Waals surface area contributed by atoms with Crippen molar-refractivity contribution in [1.29, 1.82) is 0 Å². The largest absolute Gasteiger partial charge is 0.304 e. The maximum atomic E-state index is 3.75. The third kappa shape index (κ3) is 5.72. The second-order valence-corrected chi connectivity index (χ2v) is 9.00. The average molecular weight is 324 g/mol. The number of piperidine rings is 1. The molecule has 3 nitrogen and oxygen atoms in total. The summed E-state index contributed by atoms with van der Waals surface area (Å²) in [6, 6.07) is 0. The molecule has 3 heteroatoms. The number of hydrogen-bond donors (Lipinski definition) is 1. The summed E-state index contributed by atoms with van der Waals surface area (Å²) in [6.07, 6.45) is 8.41. The van der Waals surface area contributed by atoms with Crippen molar-refractivity contribution in [2.45, 2.75) is 66.2 Å². The van der Waals surface area contributed by atoms with Crippen LogP contribution in [0.4, 0.5) is 0 Å². The van der Waals surface area contributed by atoms with Crippen molar-refractivity contribution in [2.24, 2.45) is 16.7 Å². The van der Waals surface area contributed by atoms with E-state index in [9.17, 15) is 0 Å². The molecule has 23 heavy (non-hydrogen) atoms. The molecule has 1 aliphatic carbocycles. The van der Waals surface area contributed by atoms with Crippen molar-refractivity contribution in [3.05, 3.63) is 0 Å². The van der Waals surface area contributed by atoms with Gasteiger partial charge < -0.3 is 10.2 Å². The highest BCUT2D eigenvalue weighted by atomic mass is 15.2. The Morgan fingerprint density at radius 1 is 1.00 bits per heavy atom. The fraction of sp³-hybridized carbons (Fsp3) is 1.00. The van der Waals surface area contributed by atoms with Crippen LogP contribution < -0.4 is 5.32 Å². The molecule has 1 aliphatic heterocycles. The van der Waals surface area contributed by atoms with Gasteiger partial charge >= 0.3 is 0 Å². The van der Waals surface area contributed by atoms with Crippen LogP contribution in [0.2, 0.25) is 0 Å². The second kappa shape index (κ2) is 8.31. The van der Waals surface area contributed by atoms with Crippen LogP contribution in [0.5, 0.6) is 0 Å². The minimum absolute atomic E-state index is 0.540. The van der Waals surface area contributed by atoms with E-state index < -0.39 is 0 Å². The average Bonchev–Trinajstić information content (AvgIpc) is 3.29. The first-order chi connectivity index (χ1) is 10.9. The minimum atomic E-state index is 0.540. The highest BCUT2D eigenvalue weighted by Gasteiger charge is 2.43. The van der Waals surface area contributed by atoms with Gasteiger partial charge in [-0.25, -0.2) is 0 Å². The summed E-state index contributed by atoms with van der Waals surface area (Å²) in [4.78, 5) is 5.18. The van der Waals surface area contributed by atoms with Gasteiger partial charge in [0.25, 0.3) is 0 Å². The molecule has 0 bridgehead atoms. The van der Waals surface area contributed by atoms with Crippen LogP contribution in [0, 0.1) is 16.7 Å². The smallest absolute Gasteiger partial charge is 0.0477 e. The fourth-order valence-electron chi connectivity index (χ4n) is 4.32. The zero-order valence-electron chi connectivity index (χ0n) is 16.5. The van der Waals surface area contributed by atoms with Crippen molar-refractivity contribution < 1.29 is 0 Å². The van der Waals surface area contributed by atoms with E-state index in [2.05, 4.69) is 49.9 Å². The number of nitrogens with one attached hydrogen (secondary N) is 1. The van der Waals surface area contributed by atoms with E-state index in [4.69, 9.17) is 0 Å². The maximum absolute atomic E-state index is 3.75. The van der Waals surface area contributed by atoms with E-state index in [1.54, 1.807) is 0 Å². The molecule has 136 valence electrons. The Balaban J connectivity index is 1.70. The molecular formula is C20H41N3. The highest BCUT2D eigenvalue weighted by Crippen LogP contribution is 2.49. The van der Waals surface area contributed by atoms with Gasteiger partial charge in [0.05, 0.1) is 0 Å². The molecule has 0 aromatic heterocycles. The van der Waals surface area contributed by atoms with Gasteiger partial charge in [-0.05, 0) is 75.4 Å². The van der Waals surface area contributed by atoms with Crippen molar-refractivity contribution in [2.75, 3.05) is 46.4 Å². The van der Waals surface area contributed by atoms with Crippen LogP contribution in [0.15, 0.2) is 0 Å². The SMILES string of the molecule is CCC1(CNCN(C)CC(C)C)CCN(CC2(CC)CC2)CC1. The van der Waals surface area contributed by atoms with Gasteiger partial charge in [-0.15, -0.1) is 0 Å². The van der Waals surface area contributed by atoms with E-state index in [1.807, 2.05) is 0 Å². The van der Waals surface area contributed by atoms with Crippen LogP contribution in [0.3, 0.4) is 0 Å². The molecule has 0 spiro atoms. The Hall–Kier alpha value is -0.120. The zero-order valence-corrected chi connectivity index (χ0v) is 16.5. The van der Waals surface area contributed by atoms with Crippen LogP contribution >= 0.6 is 0 Å². The topological polar surface area (TPSA) is 18.5 Å². The predicted octanol–water partition coefficient (Wildman–Crippen LogP) is 3.80. The molecule has 2 aliphatic rings. The zero-order chi connectivity index (χ0) is 16.9. The summed E-state index contributed by atoms with van der Waals surface area (Å²) in [7, 11) is 2.23. The van der Waals surface area contributed by atoms with Gasteiger partial charge in [0, 0.05) is 26.3 Å². The molecule has 0 amide bonds. The van der Waals surface area contributed by atoms with Crippen LogP contribution in [-0.2, 0) is 0 Å². The first-order valence-electron chi connectivity index (χ1n) is 10.0. The standard InChI is InChI=1S/C20H41N3/c1-6-19(15-21-17-22(5)14-18(3)4)10-12-23(13-11-19)16-20(7-2)8-9-20/h18,21H,6-17H2,1-5H3. The third-order valence-corrected chi connectivity index (χ3v) is 6.49. The van der Waals surface area contributed by atoms with Crippen molar-refractivity contribution >= 4 is 0 Å². The Kier molecular flexibility index (Phi) is 6.94. The lowest BCUT2D eigenvalue weighted by Crippen LogP contribution is -2.47. The monoisotopic (exact) mass is 323 g/mol. The molecule has 1 heterocycles. The Morgan fingerprint density at radius 2 is 1.61 bits per heavy atom. The van der Waals surface area contributed by atoms with E-state index in [-0.39, 0.29) is 0 Å². The summed E-state index contributed by atoms with van der Waals surface area (Å²) < 4.78 is 0. The lowest BCUT2D eigenvalue weighted by atomic mass is 9.76. The van der Waals surface area contributed by atoms with E-state index >= 15 is 0 Å². The number of rotatable bonds is 10. The predicted molar refractivity (Wildman–Crippen MR) is 101 cm³/mol. The highest BCUT2D eigenvalue weighted by molar-refractivity contribution is 4.96. The van der Waals surface area contributed by atoms with Gasteiger partial charge in [-0.1, -0.05) is 27.7 Å². The van der Waals surface area contributed by atoms with Crippen molar-refractivity contribution in [3.63, 3.8) is 0 Å². The molecule has 0 radical (unpaired) electrons. The fourth-order valence-corrected chi connectivity index (χ4v) is 4.32. The Labute approximate surface area is 145 Å². The molecule has 0 atom stereocenters. The molecule has 0 aromatic rings. The van der Waals surface area contributed by atoms with Crippen LogP contribution in [-0.4, -0.2) is 56.2 Å². The van der Waals surface area contributed by atoms with Gasteiger partial charge in [0.15, 0.2) is 0 Å². The summed E-state index contributed by atoms with van der Waals surface area (Å²) in [6.45, 7) is 16.8. The van der Waals surface area contributed by atoms with Crippen molar-refractivity contribution in [3.8, 4) is 0 Å². The Morgan fingerprint density at radius 3 is 2.09 bits per heavy atom. The lowest BCUT2D eigenvalue weighted by Gasteiger charge is -2.43. The Bertz CT molecular complexity index is 341. The summed E-state index contributed by atoms with van der Waals surface area (Å²) >= 11 is 0. The number of nitrogens with zero attached hydrogens (tertiary/aromatic N) is 2. The molecule has 0 aromatic carbocycles. The minimum Gasteiger partial charge on any atom is -0.304 e. The van der Waals surface area contributed by atoms with E-state index in [0.717, 1.165) is 12.6 Å². The molecular weight excluding hydrogens is 282 g/mol. The third-order valence-electron chi connectivity index (χ3n) is 6.49. The number of likely N-dealkylation sites (tertiary alicyclic amines) is 1. The van der Waals surface area contributed by atoms with Gasteiger partial charge in [0.1, 0.15) is 0 Å². The van der Waals surface area contributed by atoms with Crippen LogP contribution in [0.1, 0.15) is 66.2 Å². The molecule has 1 saturated carbocycles. The van der Waals surface area contributed by atoms with Gasteiger partial charge in [0.2, 0.25) is 0 Å². The van der Waals surface area contributed by atoms with Gasteiger partial charge in [-0.3, -0.25) is 4.90 Å². The molecule has 1 saturated heterocycles. The second-order valence-electron chi connectivity index (χ2n) is 9.00. The number of hydrogen-bond acceptors (Lipinski definition) is 3. The van der Waals surface area contributed by atoms with E-state index in [0.29, 0.717) is 10.8 Å². The summed E-state index contributed by atoms with van der Waals surface area (Å²) in [5, 5.41) is 3.75. The summed E-state index contributed by atoms with van der Waals surface area (Å²) in [5.41, 5.74) is 1.25. The van der Waals surface area contributed by atoms with Crippen LogP contribution in [0.25, 0.3) is 0 Å². The molecule has 1 N–H and O–H groups in total. The van der Waals surface area contributed by atoms with Gasteiger partial charge in [-0.2, -0.15) is 0 Å². The maximum Gasteiger partial charge on any atom is 0.0477 e. The first kappa shape index (κ1) is 19.2. The first-order valence-corrected chi connectivity index (χ1v) is 10.0.